The molecule has 3 heterocycles. The number of hydrogen-bond donors (Lipinski definition) is 2. The minimum Gasteiger partial charge on any atom is -0.363 e. The van der Waals surface area contributed by atoms with Crippen molar-refractivity contribution >= 4 is 28.1 Å². The first-order valence-corrected chi connectivity index (χ1v) is 11.9. The van der Waals surface area contributed by atoms with E-state index >= 15 is 0 Å². The number of aromatic nitrogens is 2. The van der Waals surface area contributed by atoms with E-state index in [0.717, 1.165) is 40.6 Å². The van der Waals surface area contributed by atoms with Gasteiger partial charge in [0.2, 0.25) is 0 Å². The van der Waals surface area contributed by atoms with E-state index in [1.807, 2.05) is 0 Å². The van der Waals surface area contributed by atoms with Crippen LogP contribution in [0, 0.1) is 17.2 Å². The molecular formula is C24H22F3N5OS. The number of thiophene rings is 1. The van der Waals surface area contributed by atoms with Crippen LogP contribution in [0.2, 0.25) is 0 Å². The fourth-order valence-electron chi connectivity index (χ4n) is 4.76. The lowest BCUT2D eigenvalue weighted by Crippen LogP contribution is -2.36. The number of nitriles is 1. The summed E-state index contributed by atoms with van der Waals surface area (Å²) >= 11 is 1.37. The van der Waals surface area contributed by atoms with Crippen LogP contribution < -0.4 is 10.6 Å². The number of amides is 1. The summed E-state index contributed by atoms with van der Waals surface area (Å²) in [5.74, 6) is -0.0673. The van der Waals surface area contributed by atoms with Crippen molar-refractivity contribution in [2.45, 2.75) is 50.9 Å². The van der Waals surface area contributed by atoms with Gasteiger partial charge < -0.3 is 10.6 Å². The van der Waals surface area contributed by atoms with Crippen molar-refractivity contribution in [2.75, 3.05) is 10.6 Å². The Kier molecular flexibility index (Phi) is 5.60. The molecule has 6 nitrogen and oxygen atoms in total. The first-order valence-electron chi connectivity index (χ1n) is 11.1. The third kappa shape index (κ3) is 3.94. The van der Waals surface area contributed by atoms with E-state index in [1.165, 1.54) is 11.3 Å². The van der Waals surface area contributed by atoms with Gasteiger partial charge in [-0.1, -0.05) is 37.3 Å². The van der Waals surface area contributed by atoms with E-state index in [0.29, 0.717) is 22.0 Å². The summed E-state index contributed by atoms with van der Waals surface area (Å²) < 4.78 is 42.6. The van der Waals surface area contributed by atoms with Gasteiger partial charge in [0.1, 0.15) is 22.5 Å². The number of carbonyl (C=O) groups is 1. The molecule has 0 radical (unpaired) electrons. The molecule has 0 fully saturated rings. The van der Waals surface area contributed by atoms with Crippen LogP contribution in [0.5, 0.6) is 0 Å². The number of carbonyl (C=O) groups excluding carboxylic acids is 1. The van der Waals surface area contributed by atoms with Gasteiger partial charge in [-0.2, -0.15) is 23.5 Å². The SMILES string of the molecule is C[C@@H]1CCc2c(sc(NC(=O)c3cnn4c3N[C@H](c3ccccc3)C[C@@H]4C(F)(F)F)c2C#N)C1. The van der Waals surface area contributed by atoms with Crippen molar-refractivity contribution in [3.8, 4) is 6.07 Å². The molecule has 2 N–H and O–H groups in total. The Morgan fingerprint density at radius 3 is 2.79 bits per heavy atom. The van der Waals surface area contributed by atoms with E-state index in [2.05, 4.69) is 28.7 Å². The number of nitrogens with zero attached hydrogens (tertiary/aromatic N) is 3. The van der Waals surface area contributed by atoms with E-state index < -0.39 is 24.2 Å². The van der Waals surface area contributed by atoms with Crippen molar-refractivity contribution in [3.63, 3.8) is 0 Å². The quantitative estimate of drug-likeness (QED) is 0.487. The number of benzene rings is 1. The standard InChI is InChI=1S/C24H22F3N5OS/c1-13-7-8-15-16(11-28)23(34-19(15)9-13)31-22(33)17-12-29-32-20(24(25,26)27)10-18(30-21(17)32)14-5-3-2-4-6-14/h2-6,12-13,18,20,30H,7-10H2,1H3,(H,31,33)/t13-,18+,20-/m1/s1. The maximum atomic E-state index is 13.9. The molecule has 1 aliphatic heterocycles. The molecule has 3 aromatic rings. The molecule has 2 aromatic heterocycles. The van der Waals surface area contributed by atoms with Gasteiger partial charge in [0.15, 0.2) is 6.04 Å². The Morgan fingerprint density at radius 2 is 2.09 bits per heavy atom. The lowest BCUT2D eigenvalue weighted by molar-refractivity contribution is -0.173. The second kappa shape index (κ2) is 8.47. The molecule has 1 aliphatic carbocycles. The van der Waals surface area contributed by atoms with Gasteiger partial charge >= 0.3 is 6.18 Å². The highest BCUT2D eigenvalue weighted by molar-refractivity contribution is 7.16. The first-order chi connectivity index (χ1) is 16.3. The lowest BCUT2D eigenvalue weighted by Gasteiger charge is -2.34. The zero-order chi connectivity index (χ0) is 24.0. The van der Waals surface area contributed by atoms with Crippen LogP contribution >= 0.6 is 11.3 Å². The van der Waals surface area contributed by atoms with E-state index in [4.69, 9.17) is 0 Å². The van der Waals surface area contributed by atoms with Crippen LogP contribution in [0.15, 0.2) is 36.5 Å². The fourth-order valence-corrected chi connectivity index (χ4v) is 6.12. The predicted molar refractivity (Wildman–Crippen MR) is 123 cm³/mol. The van der Waals surface area contributed by atoms with E-state index in [1.54, 1.807) is 30.3 Å². The number of nitrogens with one attached hydrogen (secondary N) is 2. The molecular weight excluding hydrogens is 463 g/mol. The predicted octanol–water partition coefficient (Wildman–Crippen LogP) is 5.85. The Bertz CT molecular complexity index is 1270. The molecule has 0 unspecified atom stereocenters. The van der Waals surface area contributed by atoms with E-state index in [9.17, 15) is 23.2 Å². The number of hydrogen-bond acceptors (Lipinski definition) is 5. The topological polar surface area (TPSA) is 82.7 Å². The average Bonchev–Trinajstić information content (AvgIpc) is 3.38. The molecule has 5 rings (SSSR count). The minimum absolute atomic E-state index is 0.0125. The van der Waals surface area contributed by atoms with Gasteiger partial charge in [-0.3, -0.25) is 4.79 Å². The highest BCUT2D eigenvalue weighted by Crippen LogP contribution is 2.45. The summed E-state index contributed by atoms with van der Waals surface area (Å²) in [6.45, 7) is 2.15. The van der Waals surface area contributed by atoms with Gasteiger partial charge in [-0.15, -0.1) is 11.3 Å². The second-order valence-corrected chi connectivity index (χ2v) is 9.98. The highest BCUT2D eigenvalue weighted by atomic mass is 32.1. The van der Waals surface area contributed by atoms with Crippen molar-refractivity contribution in [3.05, 3.63) is 63.7 Å². The Labute approximate surface area is 198 Å². The normalized spacial score (nSPS) is 21.7. The van der Waals surface area contributed by atoms with Gasteiger partial charge in [0, 0.05) is 11.3 Å². The van der Waals surface area contributed by atoms with Crippen LogP contribution in [0.4, 0.5) is 24.0 Å². The number of alkyl halides is 3. The van der Waals surface area contributed by atoms with Crippen molar-refractivity contribution in [1.82, 2.24) is 9.78 Å². The Hall–Kier alpha value is -3.32. The van der Waals surface area contributed by atoms with Crippen LogP contribution in [0.25, 0.3) is 0 Å². The summed E-state index contributed by atoms with van der Waals surface area (Å²) in [5.41, 5.74) is 2.13. The monoisotopic (exact) mass is 485 g/mol. The Balaban J connectivity index is 1.48. The molecule has 1 aromatic carbocycles. The summed E-state index contributed by atoms with van der Waals surface area (Å²) in [6.07, 6.45) is -1.000. The zero-order valence-corrected chi connectivity index (χ0v) is 19.1. The summed E-state index contributed by atoms with van der Waals surface area (Å²) in [4.78, 5) is 14.3. The van der Waals surface area contributed by atoms with Crippen molar-refractivity contribution in [2.24, 2.45) is 5.92 Å². The lowest BCUT2D eigenvalue weighted by atomic mass is 9.88. The molecule has 0 spiro atoms. The highest BCUT2D eigenvalue weighted by Gasteiger charge is 2.47. The van der Waals surface area contributed by atoms with Crippen molar-refractivity contribution in [1.29, 1.82) is 5.26 Å². The molecule has 34 heavy (non-hydrogen) atoms. The molecule has 176 valence electrons. The maximum Gasteiger partial charge on any atom is 0.410 e. The summed E-state index contributed by atoms with van der Waals surface area (Å²) in [5, 5.41) is 19.9. The van der Waals surface area contributed by atoms with Gasteiger partial charge in [0.05, 0.1) is 17.8 Å². The van der Waals surface area contributed by atoms with Gasteiger partial charge in [-0.05, 0) is 36.3 Å². The maximum absolute atomic E-state index is 13.9. The second-order valence-electron chi connectivity index (χ2n) is 8.87. The zero-order valence-electron chi connectivity index (χ0n) is 18.3. The molecule has 3 atom stereocenters. The largest absolute Gasteiger partial charge is 0.410 e. The van der Waals surface area contributed by atoms with Crippen LogP contribution in [0.3, 0.4) is 0 Å². The van der Waals surface area contributed by atoms with Crippen LogP contribution in [-0.2, 0) is 12.8 Å². The number of halogens is 3. The number of fused-ring (bicyclic) bond motifs is 2. The average molecular weight is 486 g/mol. The smallest absolute Gasteiger partial charge is 0.363 e. The molecule has 0 saturated heterocycles. The molecule has 10 heteroatoms. The van der Waals surface area contributed by atoms with Crippen LogP contribution in [-0.4, -0.2) is 21.9 Å². The number of rotatable bonds is 3. The summed E-state index contributed by atoms with van der Waals surface area (Å²) in [7, 11) is 0. The third-order valence-electron chi connectivity index (χ3n) is 6.54. The van der Waals surface area contributed by atoms with Gasteiger partial charge in [0.25, 0.3) is 5.91 Å². The van der Waals surface area contributed by atoms with Gasteiger partial charge in [-0.25, -0.2) is 4.68 Å². The number of anilines is 2. The minimum atomic E-state index is -4.53. The molecule has 0 bridgehead atoms. The van der Waals surface area contributed by atoms with Crippen LogP contribution in [0.1, 0.15) is 63.8 Å². The molecule has 1 amide bonds. The Morgan fingerprint density at radius 1 is 1.32 bits per heavy atom. The van der Waals surface area contributed by atoms with Crippen molar-refractivity contribution < 1.29 is 18.0 Å². The third-order valence-corrected chi connectivity index (χ3v) is 7.71. The molecule has 0 saturated carbocycles. The van der Waals surface area contributed by atoms with E-state index in [-0.39, 0.29) is 17.8 Å². The first kappa shape index (κ1) is 22.5. The summed E-state index contributed by atoms with van der Waals surface area (Å²) in [6, 6.07) is 8.55. The molecule has 2 aliphatic rings. The fraction of sp³-hybridized carbons (Fsp3) is 0.375.